The van der Waals surface area contributed by atoms with Crippen LogP contribution in [-0.2, 0) is 0 Å². The molecule has 7 heteroatoms. The van der Waals surface area contributed by atoms with Gasteiger partial charge in [-0.1, -0.05) is 0 Å². The lowest BCUT2D eigenvalue weighted by atomic mass is 10.0. The molecule has 28 heavy (non-hydrogen) atoms. The van der Waals surface area contributed by atoms with E-state index in [1.807, 2.05) is 4.90 Å². The van der Waals surface area contributed by atoms with Gasteiger partial charge in [0.15, 0.2) is 0 Å². The van der Waals surface area contributed by atoms with Crippen LogP contribution in [0.5, 0.6) is 0 Å². The molecule has 2 aromatic carbocycles. The predicted molar refractivity (Wildman–Crippen MR) is 103 cm³/mol. The molecule has 0 saturated heterocycles. The normalized spacial score (nSPS) is 13.2. The number of H-pyrrole nitrogens is 1. The molecule has 138 valence electrons. The lowest BCUT2D eigenvalue weighted by molar-refractivity contribution is 0.0983. The van der Waals surface area contributed by atoms with Gasteiger partial charge in [0.1, 0.15) is 12.5 Å². The second kappa shape index (κ2) is 6.67. The number of anilines is 3. The highest BCUT2D eigenvalue weighted by Crippen LogP contribution is 2.37. The zero-order valence-corrected chi connectivity index (χ0v) is 14.9. The first-order valence-corrected chi connectivity index (χ1v) is 8.56. The van der Waals surface area contributed by atoms with Gasteiger partial charge in [-0.05, 0) is 55.0 Å². The minimum atomic E-state index is -0.349. The van der Waals surface area contributed by atoms with Crippen molar-refractivity contribution in [2.24, 2.45) is 0 Å². The molecule has 0 radical (unpaired) electrons. The summed E-state index contributed by atoms with van der Waals surface area (Å²) in [4.78, 5) is 30.4. The molecule has 2 heterocycles. The minimum absolute atomic E-state index is 0.152. The number of amides is 1. The Labute approximate surface area is 160 Å². The van der Waals surface area contributed by atoms with Gasteiger partial charge in [-0.3, -0.25) is 14.5 Å². The summed E-state index contributed by atoms with van der Waals surface area (Å²) in [5.74, 6) is -0.597. The summed E-state index contributed by atoms with van der Waals surface area (Å²) in [6.07, 6.45) is 1.48. The molecular weight excluding hydrogens is 359 g/mol. The third kappa shape index (κ3) is 2.91. The molecular formula is C21H15FN4O2. The van der Waals surface area contributed by atoms with E-state index in [9.17, 15) is 19.2 Å². The average molecular weight is 374 g/mol. The Hall–Kier alpha value is -3.92. The van der Waals surface area contributed by atoms with Crippen molar-refractivity contribution in [1.82, 2.24) is 4.98 Å². The maximum atomic E-state index is 13.6. The molecule has 0 unspecified atom stereocenters. The largest absolute Gasteiger partial charge is 0.327 e. The van der Waals surface area contributed by atoms with Crippen LogP contribution in [0.1, 0.15) is 21.5 Å². The van der Waals surface area contributed by atoms with Crippen molar-refractivity contribution >= 4 is 23.0 Å². The van der Waals surface area contributed by atoms with E-state index < -0.39 is 0 Å². The van der Waals surface area contributed by atoms with E-state index in [1.54, 1.807) is 37.3 Å². The Morgan fingerprint density at radius 2 is 1.86 bits per heavy atom. The van der Waals surface area contributed by atoms with Crippen LogP contribution in [-0.4, -0.2) is 17.6 Å². The Kier molecular flexibility index (Phi) is 4.17. The maximum Gasteiger partial charge on any atom is 0.261 e. The lowest BCUT2D eigenvalue weighted by Gasteiger charge is -2.38. The summed E-state index contributed by atoms with van der Waals surface area (Å²) < 4.78 is 13.6. The zero-order valence-electron chi connectivity index (χ0n) is 14.9. The molecule has 0 bridgehead atoms. The number of nitriles is 1. The molecule has 0 spiro atoms. The second-order valence-electron chi connectivity index (χ2n) is 6.49. The molecule has 0 atom stereocenters. The van der Waals surface area contributed by atoms with Crippen LogP contribution < -0.4 is 15.4 Å². The summed E-state index contributed by atoms with van der Waals surface area (Å²) in [7, 11) is 0. The highest BCUT2D eigenvalue weighted by molar-refractivity contribution is 6.12. The van der Waals surface area contributed by atoms with Crippen molar-refractivity contribution in [2.45, 2.75) is 6.92 Å². The van der Waals surface area contributed by atoms with Crippen LogP contribution in [0.15, 0.2) is 59.5 Å². The minimum Gasteiger partial charge on any atom is -0.327 e. The highest BCUT2D eigenvalue weighted by atomic mass is 19.1. The fourth-order valence-electron chi connectivity index (χ4n) is 3.33. The van der Waals surface area contributed by atoms with Crippen LogP contribution >= 0.6 is 0 Å². The van der Waals surface area contributed by atoms with Gasteiger partial charge in [-0.25, -0.2) is 4.39 Å². The number of aryl methyl sites for hydroxylation is 1. The van der Waals surface area contributed by atoms with Gasteiger partial charge in [-0.15, -0.1) is 0 Å². The molecule has 1 aliphatic rings. The summed E-state index contributed by atoms with van der Waals surface area (Å²) >= 11 is 0. The Balaban J connectivity index is 1.90. The van der Waals surface area contributed by atoms with Crippen molar-refractivity contribution in [3.05, 3.63) is 87.6 Å². The molecule has 0 saturated carbocycles. The molecule has 4 rings (SSSR count). The fraction of sp³-hybridized carbons (Fsp3) is 0.0952. The van der Waals surface area contributed by atoms with E-state index >= 15 is 0 Å². The molecule has 1 aliphatic heterocycles. The van der Waals surface area contributed by atoms with Crippen molar-refractivity contribution in [1.29, 1.82) is 5.26 Å². The van der Waals surface area contributed by atoms with Crippen LogP contribution in [0.4, 0.5) is 21.5 Å². The van der Waals surface area contributed by atoms with Crippen molar-refractivity contribution < 1.29 is 9.18 Å². The number of hydrogen-bond acceptors (Lipinski definition) is 4. The molecule has 1 aromatic heterocycles. The molecule has 0 aliphatic carbocycles. The summed E-state index contributed by atoms with van der Waals surface area (Å²) in [5.41, 5.74) is 3.11. The van der Waals surface area contributed by atoms with E-state index in [0.717, 1.165) is 5.69 Å². The number of aromatic nitrogens is 1. The third-order valence-corrected chi connectivity index (χ3v) is 4.71. The molecule has 3 aromatic rings. The smallest absolute Gasteiger partial charge is 0.261 e. The third-order valence-electron chi connectivity index (χ3n) is 4.71. The predicted octanol–water partition coefficient (Wildman–Crippen LogP) is 3.45. The van der Waals surface area contributed by atoms with Gasteiger partial charge < -0.3 is 9.88 Å². The van der Waals surface area contributed by atoms with E-state index in [0.29, 0.717) is 28.1 Å². The zero-order chi connectivity index (χ0) is 19.8. The number of nitrogens with zero attached hydrogens (tertiary/aromatic N) is 3. The number of aromatic amines is 1. The topological polar surface area (TPSA) is 80.2 Å². The van der Waals surface area contributed by atoms with Gasteiger partial charge in [0.2, 0.25) is 5.56 Å². The number of rotatable bonds is 2. The first kappa shape index (κ1) is 17.5. The Morgan fingerprint density at radius 3 is 2.54 bits per heavy atom. The number of benzene rings is 2. The Morgan fingerprint density at radius 1 is 1.04 bits per heavy atom. The van der Waals surface area contributed by atoms with Gasteiger partial charge in [-0.2, -0.15) is 5.26 Å². The van der Waals surface area contributed by atoms with Crippen LogP contribution in [0.25, 0.3) is 0 Å². The second-order valence-corrected chi connectivity index (χ2v) is 6.49. The van der Waals surface area contributed by atoms with Crippen molar-refractivity contribution in [3.63, 3.8) is 0 Å². The SMILES string of the molecule is Cc1cc(F)ccc1N1CN(c2ccc(=O)[nH]c2)C(=O)c2ccc(C#N)cc21. The summed E-state index contributed by atoms with van der Waals surface area (Å²) in [6, 6.07) is 14.3. The van der Waals surface area contributed by atoms with E-state index in [4.69, 9.17) is 0 Å². The van der Waals surface area contributed by atoms with Gasteiger partial charge >= 0.3 is 0 Å². The molecule has 0 fully saturated rings. The average Bonchev–Trinajstić information content (AvgIpc) is 2.69. The highest BCUT2D eigenvalue weighted by Gasteiger charge is 2.32. The van der Waals surface area contributed by atoms with E-state index in [-0.39, 0.29) is 24.0 Å². The summed E-state index contributed by atoms with van der Waals surface area (Å²) in [6.45, 7) is 1.94. The van der Waals surface area contributed by atoms with Crippen LogP contribution in [0.2, 0.25) is 0 Å². The maximum absolute atomic E-state index is 13.6. The van der Waals surface area contributed by atoms with E-state index in [2.05, 4.69) is 11.1 Å². The Bertz CT molecular complexity index is 1180. The van der Waals surface area contributed by atoms with Crippen LogP contribution in [0.3, 0.4) is 0 Å². The van der Waals surface area contributed by atoms with Crippen molar-refractivity contribution in [3.8, 4) is 6.07 Å². The molecule has 1 amide bonds. The van der Waals surface area contributed by atoms with Gasteiger partial charge in [0.25, 0.3) is 5.91 Å². The number of carbonyl (C=O) groups is 1. The van der Waals surface area contributed by atoms with Crippen LogP contribution in [0, 0.1) is 24.1 Å². The lowest BCUT2D eigenvalue weighted by Crippen LogP contribution is -2.45. The van der Waals surface area contributed by atoms with E-state index in [1.165, 1.54) is 29.3 Å². The fourth-order valence-corrected chi connectivity index (χ4v) is 3.33. The number of halogens is 1. The first-order valence-electron chi connectivity index (χ1n) is 8.56. The number of nitrogens with one attached hydrogen (secondary N) is 1. The molecule has 6 nitrogen and oxygen atoms in total. The number of fused-ring (bicyclic) bond motifs is 1. The molecule has 1 N–H and O–H groups in total. The number of pyridine rings is 1. The van der Waals surface area contributed by atoms with Gasteiger partial charge in [0, 0.05) is 18.0 Å². The number of carbonyl (C=O) groups excluding carboxylic acids is 1. The first-order chi connectivity index (χ1) is 13.5. The quantitative estimate of drug-likeness (QED) is 0.745. The van der Waals surface area contributed by atoms with Gasteiger partial charge in [0.05, 0.1) is 28.6 Å². The summed E-state index contributed by atoms with van der Waals surface area (Å²) in [5, 5.41) is 9.26. The standard InChI is InChI=1S/C21H15FN4O2/c1-13-8-15(22)3-6-18(13)26-12-25(16-4-7-20(27)24-11-16)21(28)17-5-2-14(10-23)9-19(17)26/h2-9,11H,12H2,1H3,(H,24,27). The monoisotopic (exact) mass is 374 g/mol. The van der Waals surface area contributed by atoms with Crippen molar-refractivity contribution in [2.75, 3.05) is 16.5 Å². The number of hydrogen-bond donors (Lipinski definition) is 1.